The van der Waals surface area contributed by atoms with Gasteiger partial charge in [-0.3, -0.25) is 9.78 Å². The number of halogens is 1. The molecule has 1 saturated heterocycles. The number of anilines is 1. The number of hydrogen-bond donors (Lipinski definition) is 2. The minimum Gasteiger partial charge on any atom is -0.352 e. The van der Waals surface area contributed by atoms with E-state index in [1.165, 1.54) is 0 Å². The summed E-state index contributed by atoms with van der Waals surface area (Å²) in [5.41, 5.74) is 5.80. The van der Waals surface area contributed by atoms with Gasteiger partial charge in [-0.05, 0) is 85.7 Å². The summed E-state index contributed by atoms with van der Waals surface area (Å²) < 4.78 is 2.15. The molecule has 0 radical (unpaired) electrons. The molecule has 5 rings (SSSR count). The molecule has 2 aromatic carbocycles. The predicted molar refractivity (Wildman–Crippen MR) is 152 cm³/mol. The number of carbonyl (C=O) groups is 1. The molecule has 1 amide bonds. The van der Waals surface area contributed by atoms with Gasteiger partial charge in [-0.1, -0.05) is 35.9 Å². The van der Waals surface area contributed by atoms with Crippen LogP contribution in [0.25, 0.3) is 5.69 Å². The Labute approximate surface area is 227 Å². The largest absolute Gasteiger partial charge is 0.352 e. The van der Waals surface area contributed by atoms with Gasteiger partial charge in [0.2, 0.25) is 5.91 Å². The van der Waals surface area contributed by atoms with Crippen LogP contribution in [0.4, 0.5) is 5.69 Å². The van der Waals surface area contributed by atoms with E-state index in [0.29, 0.717) is 18.1 Å². The van der Waals surface area contributed by atoms with Crippen LogP contribution >= 0.6 is 23.8 Å². The fraction of sp³-hybridized carbons (Fsp3) is 0.207. The van der Waals surface area contributed by atoms with Crippen LogP contribution in [0.2, 0.25) is 5.02 Å². The standard InChI is InChI=1S/C29H28ClN5OS/c1-19-8-3-4-9-23(19)32-26(36)14-17-35-28(27(33-29(35)37)24-10-5-6-15-31-24)25-11-7-16-34(25)21-12-13-22(30)20(2)18-21/h3-13,15-16,18,27-28H,14,17H2,1-2H3,(H,32,36)(H,33,37)/t27-,28-/m1/s1. The summed E-state index contributed by atoms with van der Waals surface area (Å²) in [6.07, 6.45) is 4.12. The molecule has 2 N–H and O–H groups in total. The first kappa shape index (κ1) is 25.0. The molecule has 0 spiro atoms. The number of amides is 1. The van der Waals surface area contributed by atoms with E-state index >= 15 is 0 Å². The number of rotatable bonds is 7. The first-order chi connectivity index (χ1) is 17.9. The number of hydrogen-bond acceptors (Lipinski definition) is 3. The minimum atomic E-state index is -0.171. The number of pyridine rings is 1. The summed E-state index contributed by atoms with van der Waals surface area (Å²) in [7, 11) is 0. The number of benzene rings is 2. The number of para-hydroxylation sites is 1. The molecule has 8 heteroatoms. The van der Waals surface area contributed by atoms with Crippen LogP contribution in [0.15, 0.2) is 85.2 Å². The third-order valence-electron chi connectivity index (χ3n) is 6.70. The van der Waals surface area contributed by atoms with Crippen molar-refractivity contribution in [3.63, 3.8) is 0 Å². The van der Waals surface area contributed by atoms with E-state index in [0.717, 1.165) is 38.9 Å². The van der Waals surface area contributed by atoms with Crippen molar-refractivity contribution in [3.8, 4) is 5.69 Å². The topological polar surface area (TPSA) is 62.2 Å². The minimum absolute atomic E-state index is 0.0548. The number of aromatic nitrogens is 2. The van der Waals surface area contributed by atoms with Gasteiger partial charge in [-0.2, -0.15) is 0 Å². The zero-order chi connectivity index (χ0) is 25.9. The Hall–Kier alpha value is -3.68. The summed E-state index contributed by atoms with van der Waals surface area (Å²) in [4.78, 5) is 19.6. The first-order valence-electron chi connectivity index (χ1n) is 12.2. The van der Waals surface area contributed by atoms with E-state index in [4.69, 9.17) is 23.8 Å². The lowest BCUT2D eigenvalue weighted by Crippen LogP contribution is -2.33. The Morgan fingerprint density at radius 2 is 1.86 bits per heavy atom. The van der Waals surface area contributed by atoms with Crippen molar-refractivity contribution >= 4 is 40.5 Å². The molecule has 37 heavy (non-hydrogen) atoms. The highest BCUT2D eigenvalue weighted by molar-refractivity contribution is 7.80. The highest BCUT2D eigenvalue weighted by Crippen LogP contribution is 2.39. The summed E-state index contributed by atoms with van der Waals surface area (Å²) >= 11 is 12.1. The van der Waals surface area contributed by atoms with Crippen molar-refractivity contribution < 1.29 is 4.79 Å². The highest BCUT2D eigenvalue weighted by Gasteiger charge is 2.41. The van der Waals surface area contributed by atoms with Crippen molar-refractivity contribution in [1.29, 1.82) is 0 Å². The molecule has 188 valence electrons. The van der Waals surface area contributed by atoms with Gasteiger partial charge < -0.3 is 20.1 Å². The quantitative estimate of drug-likeness (QED) is 0.281. The molecule has 2 aromatic heterocycles. The highest BCUT2D eigenvalue weighted by atomic mass is 35.5. The molecule has 2 atom stereocenters. The van der Waals surface area contributed by atoms with Crippen LogP contribution in [0, 0.1) is 13.8 Å². The fourth-order valence-electron chi connectivity index (χ4n) is 4.76. The summed E-state index contributed by atoms with van der Waals surface area (Å²) in [6.45, 7) is 4.44. The second-order valence-electron chi connectivity index (χ2n) is 9.17. The van der Waals surface area contributed by atoms with E-state index in [-0.39, 0.29) is 18.0 Å². The van der Waals surface area contributed by atoms with Crippen LogP contribution < -0.4 is 10.6 Å². The molecule has 0 bridgehead atoms. The van der Waals surface area contributed by atoms with Crippen LogP contribution in [0.5, 0.6) is 0 Å². The molecule has 6 nitrogen and oxygen atoms in total. The van der Waals surface area contributed by atoms with Gasteiger partial charge in [0.05, 0.1) is 17.8 Å². The lowest BCUT2D eigenvalue weighted by atomic mass is 10.0. The van der Waals surface area contributed by atoms with Gasteiger partial charge in [0.25, 0.3) is 0 Å². The maximum Gasteiger partial charge on any atom is 0.226 e. The molecule has 0 aliphatic carbocycles. The molecule has 0 unspecified atom stereocenters. The molecule has 4 aromatic rings. The van der Waals surface area contributed by atoms with Gasteiger partial charge in [0.15, 0.2) is 5.11 Å². The number of nitrogens with zero attached hydrogens (tertiary/aromatic N) is 3. The maximum absolute atomic E-state index is 12.9. The molecule has 1 fully saturated rings. The summed E-state index contributed by atoms with van der Waals surface area (Å²) in [5, 5.41) is 7.83. The van der Waals surface area contributed by atoms with Crippen LogP contribution in [0.1, 0.15) is 41.0 Å². The number of thiocarbonyl (C=S) groups is 1. The smallest absolute Gasteiger partial charge is 0.226 e. The van der Waals surface area contributed by atoms with Gasteiger partial charge in [0, 0.05) is 47.5 Å². The Kier molecular flexibility index (Phi) is 7.26. The molecular weight excluding hydrogens is 502 g/mol. The summed E-state index contributed by atoms with van der Waals surface area (Å²) in [6, 6.07) is 23.4. The third-order valence-corrected chi connectivity index (χ3v) is 7.48. The molecular formula is C29H28ClN5OS. The number of aryl methyl sites for hydroxylation is 2. The average Bonchev–Trinajstić information content (AvgIpc) is 3.50. The van der Waals surface area contributed by atoms with E-state index in [2.05, 4.69) is 37.2 Å². The molecule has 3 heterocycles. The number of nitrogens with one attached hydrogen (secondary N) is 2. The van der Waals surface area contributed by atoms with E-state index in [1.807, 2.05) is 80.7 Å². The Balaban J connectivity index is 1.46. The second kappa shape index (κ2) is 10.7. The zero-order valence-electron chi connectivity index (χ0n) is 20.7. The SMILES string of the molecule is Cc1cc(-n2cccc2[C@@H]2[C@@H](c3ccccn3)NC(=S)N2CCC(=O)Nc2ccccc2C)ccc1Cl. The van der Waals surface area contributed by atoms with E-state index in [1.54, 1.807) is 6.20 Å². The molecule has 1 aliphatic heterocycles. The van der Waals surface area contributed by atoms with Crippen LogP contribution in [-0.4, -0.2) is 32.0 Å². The molecule has 1 aliphatic rings. The van der Waals surface area contributed by atoms with Crippen molar-refractivity contribution in [2.75, 3.05) is 11.9 Å². The Morgan fingerprint density at radius 3 is 2.62 bits per heavy atom. The van der Waals surface area contributed by atoms with Gasteiger partial charge in [0.1, 0.15) is 0 Å². The number of carbonyl (C=O) groups excluding carboxylic acids is 1. The Bertz CT molecular complexity index is 1440. The van der Waals surface area contributed by atoms with Gasteiger partial charge >= 0.3 is 0 Å². The third kappa shape index (κ3) is 5.24. The normalized spacial score (nSPS) is 17.1. The monoisotopic (exact) mass is 529 g/mol. The summed E-state index contributed by atoms with van der Waals surface area (Å²) in [5.74, 6) is -0.0548. The van der Waals surface area contributed by atoms with E-state index < -0.39 is 0 Å². The van der Waals surface area contributed by atoms with Gasteiger partial charge in [-0.25, -0.2) is 0 Å². The average molecular weight is 530 g/mol. The second-order valence-corrected chi connectivity index (χ2v) is 9.96. The Morgan fingerprint density at radius 1 is 1.05 bits per heavy atom. The lowest BCUT2D eigenvalue weighted by Gasteiger charge is -2.29. The lowest BCUT2D eigenvalue weighted by molar-refractivity contribution is -0.116. The fourth-order valence-corrected chi connectivity index (χ4v) is 5.21. The van der Waals surface area contributed by atoms with E-state index in [9.17, 15) is 4.79 Å². The van der Waals surface area contributed by atoms with Gasteiger partial charge in [-0.15, -0.1) is 0 Å². The van der Waals surface area contributed by atoms with Crippen LogP contribution in [0.3, 0.4) is 0 Å². The predicted octanol–water partition coefficient (Wildman–Crippen LogP) is 6.14. The first-order valence-corrected chi connectivity index (χ1v) is 13.0. The maximum atomic E-state index is 12.9. The molecule has 0 saturated carbocycles. The zero-order valence-corrected chi connectivity index (χ0v) is 22.3. The van der Waals surface area contributed by atoms with Crippen molar-refractivity contribution in [3.05, 3.63) is 113 Å². The van der Waals surface area contributed by atoms with Crippen LogP contribution in [-0.2, 0) is 4.79 Å². The van der Waals surface area contributed by atoms with Crippen molar-refractivity contribution in [2.45, 2.75) is 32.4 Å². The van der Waals surface area contributed by atoms with Crippen molar-refractivity contribution in [2.24, 2.45) is 0 Å². The van der Waals surface area contributed by atoms with Crippen molar-refractivity contribution in [1.82, 2.24) is 19.8 Å².